The number of nitrogens with two attached hydrogens (primary N) is 1. The van der Waals surface area contributed by atoms with E-state index < -0.39 is 9.84 Å². The number of benzene rings is 1. The van der Waals surface area contributed by atoms with Crippen molar-refractivity contribution in [3.8, 4) is 0 Å². The Morgan fingerprint density at radius 1 is 1.28 bits per heavy atom. The first kappa shape index (κ1) is 13.0. The maximum absolute atomic E-state index is 12.0. The van der Waals surface area contributed by atoms with Crippen LogP contribution in [0.2, 0.25) is 0 Å². The van der Waals surface area contributed by atoms with Crippen molar-refractivity contribution in [3.63, 3.8) is 0 Å². The summed E-state index contributed by atoms with van der Waals surface area (Å²) in [5, 5.41) is 0.618. The number of sulfone groups is 1. The fourth-order valence-corrected chi connectivity index (χ4v) is 2.96. The highest BCUT2D eigenvalue weighted by Crippen LogP contribution is 2.23. The van der Waals surface area contributed by atoms with E-state index in [1.165, 1.54) is 0 Å². The molecule has 0 unspecified atom stereocenters. The summed E-state index contributed by atoms with van der Waals surface area (Å²) in [6.07, 6.45) is 0. The number of anilines is 1. The first-order valence-corrected chi connectivity index (χ1v) is 7.58. The normalized spacial score (nSPS) is 12.4. The van der Waals surface area contributed by atoms with Crippen molar-refractivity contribution in [1.82, 2.24) is 4.57 Å². The van der Waals surface area contributed by atoms with Crippen LogP contribution < -0.4 is 5.73 Å². The lowest BCUT2D eigenvalue weighted by Crippen LogP contribution is -2.17. The van der Waals surface area contributed by atoms with E-state index in [1.807, 2.05) is 35.9 Å². The molecule has 98 valence electrons. The van der Waals surface area contributed by atoms with Crippen LogP contribution in [0.4, 0.5) is 5.69 Å². The standard InChI is InChI=1S/C13H18N2O2S/c1-9(2)18(16,17)8-12-7-10-6-11(14)4-5-13(10)15(12)3/h4-7,9H,8,14H2,1-3H3. The van der Waals surface area contributed by atoms with Crippen molar-refractivity contribution in [3.05, 3.63) is 30.0 Å². The second-order valence-corrected chi connectivity index (χ2v) is 7.43. The highest BCUT2D eigenvalue weighted by Gasteiger charge is 2.19. The third-order valence-corrected chi connectivity index (χ3v) is 5.37. The monoisotopic (exact) mass is 266 g/mol. The van der Waals surface area contributed by atoms with Gasteiger partial charge < -0.3 is 10.3 Å². The Hall–Kier alpha value is -1.49. The Morgan fingerprint density at radius 2 is 1.94 bits per heavy atom. The lowest BCUT2D eigenvalue weighted by Gasteiger charge is -2.08. The molecular weight excluding hydrogens is 248 g/mol. The van der Waals surface area contributed by atoms with Gasteiger partial charge in [0.1, 0.15) is 0 Å². The van der Waals surface area contributed by atoms with Crippen molar-refractivity contribution < 1.29 is 8.42 Å². The fourth-order valence-electron chi connectivity index (χ4n) is 1.94. The van der Waals surface area contributed by atoms with Crippen molar-refractivity contribution in [1.29, 1.82) is 0 Å². The molecule has 0 saturated carbocycles. The minimum atomic E-state index is -3.08. The molecule has 0 aliphatic carbocycles. The molecule has 0 radical (unpaired) electrons. The zero-order valence-electron chi connectivity index (χ0n) is 10.8. The molecule has 5 heteroatoms. The summed E-state index contributed by atoms with van der Waals surface area (Å²) in [6, 6.07) is 7.49. The zero-order chi connectivity index (χ0) is 13.5. The van der Waals surface area contributed by atoms with Crippen molar-refractivity contribution in [2.24, 2.45) is 7.05 Å². The summed E-state index contributed by atoms with van der Waals surface area (Å²) in [6.45, 7) is 3.41. The molecule has 0 amide bonds. The molecule has 1 heterocycles. The molecule has 2 aromatic rings. The Morgan fingerprint density at radius 3 is 2.56 bits per heavy atom. The number of nitrogen functional groups attached to an aromatic ring is 1. The summed E-state index contributed by atoms with van der Waals surface area (Å²) in [5.41, 5.74) is 8.21. The van der Waals surface area contributed by atoms with Crippen LogP contribution in [0.3, 0.4) is 0 Å². The van der Waals surface area contributed by atoms with Crippen LogP contribution in [0, 0.1) is 0 Å². The van der Waals surface area contributed by atoms with E-state index in [2.05, 4.69) is 0 Å². The summed E-state index contributed by atoms with van der Waals surface area (Å²) < 4.78 is 25.8. The molecule has 0 saturated heterocycles. The van der Waals surface area contributed by atoms with Crippen LogP contribution in [0.15, 0.2) is 24.3 Å². The maximum Gasteiger partial charge on any atom is 0.158 e. The number of aromatic nitrogens is 1. The Labute approximate surface area is 107 Å². The van der Waals surface area contributed by atoms with E-state index in [4.69, 9.17) is 5.73 Å². The SMILES string of the molecule is CC(C)S(=O)(=O)Cc1cc2cc(N)ccc2n1C. The van der Waals surface area contributed by atoms with Crippen LogP contribution in [-0.2, 0) is 22.6 Å². The molecule has 4 nitrogen and oxygen atoms in total. The lowest BCUT2D eigenvalue weighted by molar-refractivity contribution is 0.585. The maximum atomic E-state index is 12.0. The summed E-state index contributed by atoms with van der Waals surface area (Å²) in [4.78, 5) is 0. The molecule has 2 N–H and O–H groups in total. The van der Waals surface area contributed by atoms with Gasteiger partial charge in [0.2, 0.25) is 0 Å². The van der Waals surface area contributed by atoms with E-state index in [1.54, 1.807) is 13.8 Å². The van der Waals surface area contributed by atoms with Gasteiger partial charge in [-0.25, -0.2) is 8.42 Å². The fraction of sp³-hybridized carbons (Fsp3) is 0.385. The molecule has 0 spiro atoms. The predicted molar refractivity (Wildman–Crippen MR) is 75.1 cm³/mol. The van der Waals surface area contributed by atoms with E-state index in [-0.39, 0.29) is 11.0 Å². The lowest BCUT2D eigenvalue weighted by atomic mass is 10.2. The van der Waals surface area contributed by atoms with E-state index >= 15 is 0 Å². The smallest absolute Gasteiger partial charge is 0.158 e. The van der Waals surface area contributed by atoms with Crippen molar-refractivity contribution >= 4 is 26.4 Å². The van der Waals surface area contributed by atoms with Crippen LogP contribution in [-0.4, -0.2) is 18.2 Å². The Balaban J connectivity index is 2.50. The van der Waals surface area contributed by atoms with Crippen LogP contribution in [0.5, 0.6) is 0 Å². The van der Waals surface area contributed by atoms with Gasteiger partial charge in [-0.1, -0.05) is 0 Å². The number of aryl methyl sites for hydroxylation is 1. The highest BCUT2D eigenvalue weighted by atomic mass is 32.2. The van der Waals surface area contributed by atoms with Gasteiger partial charge in [0.25, 0.3) is 0 Å². The van der Waals surface area contributed by atoms with Crippen LogP contribution >= 0.6 is 0 Å². The molecule has 18 heavy (non-hydrogen) atoms. The minimum Gasteiger partial charge on any atom is -0.399 e. The third kappa shape index (κ3) is 2.22. The number of hydrogen-bond acceptors (Lipinski definition) is 3. The molecular formula is C13H18N2O2S. The second kappa shape index (κ2) is 4.31. The molecule has 1 aromatic heterocycles. The summed E-state index contributed by atoms with van der Waals surface area (Å²) >= 11 is 0. The second-order valence-electron chi connectivity index (χ2n) is 4.87. The average molecular weight is 266 g/mol. The predicted octanol–water partition coefficient (Wildman–Crippen LogP) is 2.08. The average Bonchev–Trinajstić information content (AvgIpc) is 2.54. The van der Waals surface area contributed by atoms with E-state index in [0.29, 0.717) is 5.69 Å². The number of fused-ring (bicyclic) bond motifs is 1. The molecule has 2 rings (SSSR count). The van der Waals surface area contributed by atoms with Gasteiger partial charge in [0.05, 0.1) is 11.0 Å². The molecule has 0 fully saturated rings. The quantitative estimate of drug-likeness (QED) is 0.865. The molecule has 1 aromatic carbocycles. The zero-order valence-corrected chi connectivity index (χ0v) is 11.7. The van der Waals surface area contributed by atoms with Crippen molar-refractivity contribution in [2.75, 3.05) is 5.73 Å². The number of nitrogens with zero attached hydrogens (tertiary/aromatic N) is 1. The Kier molecular flexibility index (Phi) is 3.11. The van der Waals surface area contributed by atoms with Gasteiger partial charge in [-0.15, -0.1) is 0 Å². The number of hydrogen-bond donors (Lipinski definition) is 1. The van der Waals surface area contributed by atoms with Gasteiger partial charge in [-0.2, -0.15) is 0 Å². The van der Waals surface area contributed by atoms with Gasteiger partial charge in [-0.05, 0) is 38.1 Å². The molecule has 0 bridgehead atoms. The largest absolute Gasteiger partial charge is 0.399 e. The Bertz CT molecular complexity index is 684. The van der Waals surface area contributed by atoms with Gasteiger partial charge >= 0.3 is 0 Å². The minimum absolute atomic E-state index is 0.0652. The number of rotatable bonds is 3. The third-order valence-electron chi connectivity index (χ3n) is 3.23. The first-order valence-electron chi connectivity index (χ1n) is 5.86. The molecule has 0 aliphatic rings. The summed E-state index contributed by atoms with van der Waals surface area (Å²) in [5.74, 6) is 0.0652. The van der Waals surface area contributed by atoms with E-state index in [0.717, 1.165) is 16.6 Å². The topological polar surface area (TPSA) is 65.1 Å². The molecule has 0 aliphatic heterocycles. The first-order chi connectivity index (χ1) is 8.31. The van der Waals surface area contributed by atoms with Crippen LogP contribution in [0.1, 0.15) is 19.5 Å². The van der Waals surface area contributed by atoms with Crippen LogP contribution in [0.25, 0.3) is 10.9 Å². The van der Waals surface area contributed by atoms with Gasteiger partial charge in [0.15, 0.2) is 9.84 Å². The van der Waals surface area contributed by atoms with Gasteiger partial charge in [0, 0.05) is 29.3 Å². The summed E-state index contributed by atoms with van der Waals surface area (Å²) in [7, 11) is -1.20. The highest BCUT2D eigenvalue weighted by molar-refractivity contribution is 7.91. The van der Waals surface area contributed by atoms with Crippen molar-refractivity contribution in [2.45, 2.75) is 24.9 Å². The van der Waals surface area contributed by atoms with E-state index in [9.17, 15) is 8.42 Å². The molecule has 0 atom stereocenters. The van der Waals surface area contributed by atoms with Gasteiger partial charge in [-0.3, -0.25) is 0 Å².